The minimum atomic E-state index is -0.360. The summed E-state index contributed by atoms with van der Waals surface area (Å²) in [6.07, 6.45) is 0. The van der Waals surface area contributed by atoms with Crippen molar-refractivity contribution in [1.82, 2.24) is 4.98 Å². The van der Waals surface area contributed by atoms with E-state index in [1.165, 1.54) is 11.6 Å². The molecule has 2 aromatic rings. The number of aryl methyl sites for hydroxylation is 2. The standard InChI is InChI=1S/C14H15FN2S/c1-9-5-10(2)17-14(6-9)18-8-11-3-4-13(16)12(15)7-11/h3-7H,8,16H2,1-2H3. The predicted octanol–water partition coefficient (Wildman–Crippen LogP) is 3.71. The van der Waals surface area contributed by atoms with Crippen LogP contribution in [0.5, 0.6) is 0 Å². The number of hydrogen-bond acceptors (Lipinski definition) is 3. The lowest BCUT2D eigenvalue weighted by Gasteiger charge is -2.05. The highest BCUT2D eigenvalue weighted by atomic mass is 32.2. The number of benzene rings is 1. The minimum Gasteiger partial charge on any atom is -0.396 e. The summed E-state index contributed by atoms with van der Waals surface area (Å²) in [5.74, 6) is 0.328. The molecule has 0 radical (unpaired) electrons. The van der Waals surface area contributed by atoms with Crippen LogP contribution in [0.4, 0.5) is 10.1 Å². The molecule has 0 saturated heterocycles. The van der Waals surface area contributed by atoms with Gasteiger partial charge in [0.2, 0.25) is 0 Å². The van der Waals surface area contributed by atoms with Crippen LogP contribution in [0.2, 0.25) is 0 Å². The van der Waals surface area contributed by atoms with Gasteiger partial charge >= 0.3 is 0 Å². The molecule has 18 heavy (non-hydrogen) atoms. The van der Waals surface area contributed by atoms with Gasteiger partial charge in [0.15, 0.2) is 0 Å². The maximum Gasteiger partial charge on any atom is 0.146 e. The van der Waals surface area contributed by atoms with Crippen LogP contribution in [0.25, 0.3) is 0 Å². The molecule has 1 heterocycles. The third-order valence-electron chi connectivity index (χ3n) is 2.53. The van der Waals surface area contributed by atoms with Crippen molar-refractivity contribution >= 4 is 17.4 Å². The summed E-state index contributed by atoms with van der Waals surface area (Å²) >= 11 is 1.60. The summed E-state index contributed by atoms with van der Waals surface area (Å²) in [5, 5.41) is 0.963. The molecule has 1 aromatic heterocycles. The molecule has 0 atom stereocenters. The molecule has 0 spiro atoms. The Balaban J connectivity index is 2.08. The minimum absolute atomic E-state index is 0.188. The molecule has 4 heteroatoms. The predicted molar refractivity (Wildman–Crippen MR) is 74.1 cm³/mol. The van der Waals surface area contributed by atoms with Crippen LogP contribution >= 0.6 is 11.8 Å². The summed E-state index contributed by atoms with van der Waals surface area (Å²) in [5.41, 5.74) is 8.73. The van der Waals surface area contributed by atoms with Crippen molar-refractivity contribution in [2.75, 3.05) is 5.73 Å². The SMILES string of the molecule is Cc1cc(C)nc(SCc2ccc(N)c(F)c2)c1. The molecule has 0 aliphatic rings. The molecule has 2 nitrogen and oxygen atoms in total. The van der Waals surface area contributed by atoms with E-state index in [1.54, 1.807) is 17.8 Å². The first kappa shape index (κ1) is 12.9. The number of nitrogen functional groups attached to an aromatic ring is 1. The monoisotopic (exact) mass is 262 g/mol. The Bertz CT molecular complexity index is 549. The second kappa shape index (κ2) is 5.40. The Morgan fingerprint density at radius 1 is 1.22 bits per heavy atom. The van der Waals surface area contributed by atoms with Crippen LogP contribution in [0, 0.1) is 19.7 Å². The zero-order valence-corrected chi connectivity index (χ0v) is 11.2. The fourth-order valence-corrected chi connectivity index (χ4v) is 2.67. The number of nitrogens with zero attached hydrogens (tertiary/aromatic N) is 1. The van der Waals surface area contributed by atoms with E-state index in [2.05, 4.69) is 4.98 Å². The van der Waals surface area contributed by atoms with Gasteiger partial charge in [-0.05, 0) is 49.2 Å². The van der Waals surface area contributed by atoms with Gasteiger partial charge in [0.25, 0.3) is 0 Å². The van der Waals surface area contributed by atoms with E-state index in [0.29, 0.717) is 5.75 Å². The number of thioether (sulfide) groups is 1. The normalized spacial score (nSPS) is 10.6. The van der Waals surface area contributed by atoms with Gasteiger partial charge in [0, 0.05) is 11.4 Å². The second-order valence-electron chi connectivity index (χ2n) is 4.27. The lowest BCUT2D eigenvalue weighted by Crippen LogP contribution is -1.92. The first-order valence-corrected chi connectivity index (χ1v) is 6.65. The van der Waals surface area contributed by atoms with Crippen molar-refractivity contribution in [2.24, 2.45) is 0 Å². The maximum atomic E-state index is 13.3. The maximum absolute atomic E-state index is 13.3. The summed E-state index contributed by atoms with van der Waals surface area (Å²) in [6.45, 7) is 4.02. The zero-order valence-electron chi connectivity index (χ0n) is 10.4. The van der Waals surface area contributed by atoms with Crippen molar-refractivity contribution < 1.29 is 4.39 Å². The molecule has 2 rings (SSSR count). The van der Waals surface area contributed by atoms with Gasteiger partial charge in [-0.2, -0.15) is 0 Å². The van der Waals surface area contributed by atoms with Gasteiger partial charge in [-0.25, -0.2) is 9.37 Å². The molecule has 0 fully saturated rings. The number of nitrogens with two attached hydrogens (primary N) is 1. The average molecular weight is 262 g/mol. The van der Waals surface area contributed by atoms with Gasteiger partial charge in [0.1, 0.15) is 5.82 Å². The topological polar surface area (TPSA) is 38.9 Å². The first-order valence-electron chi connectivity index (χ1n) is 5.66. The quantitative estimate of drug-likeness (QED) is 0.677. The Morgan fingerprint density at radius 2 is 2.00 bits per heavy atom. The van der Waals surface area contributed by atoms with E-state index in [1.807, 2.05) is 32.0 Å². The van der Waals surface area contributed by atoms with E-state index in [-0.39, 0.29) is 11.5 Å². The highest BCUT2D eigenvalue weighted by molar-refractivity contribution is 7.98. The van der Waals surface area contributed by atoms with Crippen molar-refractivity contribution in [3.05, 3.63) is 53.0 Å². The summed E-state index contributed by atoms with van der Waals surface area (Å²) in [7, 11) is 0. The van der Waals surface area contributed by atoms with Crippen LogP contribution < -0.4 is 5.73 Å². The summed E-state index contributed by atoms with van der Waals surface area (Å²) in [4.78, 5) is 4.43. The molecular weight excluding hydrogens is 247 g/mol. The fourth-order valence-electron chi connectivity index (χ4n) is 1.70. The third-order valence-corrected chi connectivity index (χ3v) is 3.51. The van der Waals surface area contributed by atoms with Crippen molar-refractivity contribution in [2.45, 2.75) is 24.6 Å². The summed E-state index contributed by atoms with van der Waals surface area (Å²) in [6, 6.07) is 8.98. The molecule has 94 valence electrons. The van der Waals surface area contributed by atoms with E-state index in [4.69, 9.17) is 5.73 Å². The van der Waals surface area contributed by atoms with Crippen LogP contribution in [0.1, 0.15) is 16.8 Å². The lowest BCUT2D eigenvalue weighted by molar-refractivity contribution is 0.631. The number of aromatic nitrogens is 1. The van der Waals surface area contributed by atoms with E-state index >= 15 is 0 Å². The smallest absolute Gasteiger partial charge is 0.146 e. The van der Waals surface area contributed by atoms with Crippen LogP contribution in [-0.2, 0) is 5.75 Å². The Morgan fingerprint density at radius 3 is 2.67 bits per heavy atom. The Labute approximate surface area is 110 Å². The summed E-state index contributed by atoms with van der Waals surface area (Å²) < 4.78 is 13.3. The van der Waals surface area contributed by atoms with Crippen molar-refractivity contribution in [1.29, 1.82) is 0 Å². The largest absolute Gasteiger partial charge is 0.396 e. The number of halogens is 1. The fraction of sp³-hybridized carbons (Fsp3) is 0.214. The lowest BCUT2D eigenvalue weighted by atomic mass is 10.2. The highest BCUT2D eigenvalue weighted by Crippen LogP contribution is 2.23. The Hall–Kier alpha value is -1.55. The van der Waals surface area contributed by atoms with Gasteiger partial charge in [-0.1, -0.05) is 6.07 Å². The van der Waals surface area contributed by atoms with E-state index in [9.17, 15) is 4.39 Å². The number of hydrogen-bond donors (Lipinski definition) is 1. The molecule has 0 saturated carbocycles. The number of anilines is 1. The van der Waals surface area contributed by atoms with Crippen LogP contribution in [0.15, 0.2) is 35.4 Å². The third kappa shape index (κ3) is 3.23. The molecule has 0 aliphatic carbocycles. The van der Waals surface area contributed by atoms with Gasteiger partial charge < -0.3 is 5.73 Å². The average Bonchev–Trinajstić information content (AvgIpc) is 2.29. The van der Waals surface area contributed by atoms with Crippen LogP contribution in [0.3, 0.4) is 0 Å². The van der Waals surface area contributed by atoms with Gasteiger partial charge in [-0.3, -0.25) is 0 Å². The first-order chi connectivity index (χ1) is 8.54. The van der Waals surface area contributed by atoms with Gasteiger partial charge in [-0.15, -0.1) is 11.8 Å². The van der Waals surface area contributed by atoms with Crippen LogP contribution in [-0.4, -0.2) is 4.98 Å². The molecule has 0 bridgehead atoms. The number of pyridine rings is 1. The molecule has 0 unspecified atom stereocenters. The van der Waals surface area contributed by atoms with E-state index < -0.39 is 0 Å². The molecule has 2 N–H and O–H groups in total. The second-order valence-corrected chi connectivity index (χ2v) is 5.26. The number of rotatable bonds is 3. The molecule has 1 aromatic carbocycles. The van der Waals surface area contributed by atoms with Crippen molar-refractivity contribution in [3.63, 3.8) is 0 Å². The molecular formula is C14H15FN2S. The molecule has 0 aliphatic heterocycles. The Kier molecular flexibility index (Phi) is 3.87. The zero-order chi connectivity index (χ0) is 13.1. The molecule has 0 amide bonds. The van der Waals surface area contributed by atoms with E-state index in [0.717, 1.165) is 16.3 Å². The van der Waals surface area contributed by atoms with Gasteiger partial charge in [0.05, 0.1) is 10.7 Å². The van der Waals surface area contributed by atoms with Crippen molar-refractivity contribution in [3.8, 4) is 0 Å². The highest BCUT2D eigenvalue weighted by Gasteiger charge is 2.03.